The highest BCUT2D eigenvalue weighted by Crippen LogP contribution is 2.40. The van der Waals surface area contributed by atoms with Gasteiger partial charge in [0.2, 0.25) is 5.95 Å². The van der Waals surface area contributed by atoms with Crippen molar-refractivity contribution in [1.82, 2.24) is 15.0 Å². The molecule has 11 heteroatoms. The zero-order chi connectivity index (χ0) is 22.1. The molecule has 0 amide bonds. The lowest BCUT2D eigenvalue weighted by Crippen LogP contribution is -2.40. The molecule has 0 aliphatic carbocycles. The molecule has 0 bridgehead atoms. The van der Waals surface area contributed by atoms with Gasteiger partial charge in [-0.25, -0.2) is 20.0 Å². The van der Waals surface area contributed by atoms with Crippen molar-refractivity contribution in [3.63, 3.8) is 0 Å². The fraction of sp³-hybridized carbons (Fsp3) is 0.474. The molecule has 0 radical (unpaired) electrons. The van der Waals surface area contributed by atoms with Crippen LogP contribution in [-0.2, 0) is 18.8 Å². The number of alkyl halides is 6. The van der Waals surface area contributed by atoms with Crippen LogP contribution in [0.25, 0.3) is 0 Å². The first kappa shape index (κ1) is 22.3. The van der Waals surface area contributed by atoms with Crippen molar-refractivity contribution in [2.75, 3.05) is 18.1 Å². The molecule has 1 atom stereocenters. The van der Waals surface area contributed by atoms with E-state index in [-0.39, 0.29) is 30.3 Å². The number of hydrogen-bond donors (Lipinski definition) is 1. The molecule has 1 aliphatic rings. The zero-order valence-corrected chi connectivity index (χ0v) is 16.1. The molecule has 1 aromatic heterocycles. The van der Waals surface area contributed by atoms with Gasteiger partial charge in [-0.3, -0.25) is 0 Å². The predicted octanol–water partition coefficient (Wildman–Crippen LogP) is 4.55. The summed E-state index contributed by atoms with van der Waals surface area (Å²) in [7, 11) is 0. The fourth-order valence-corrected chi connectivity index (χ4v) is 3.30. The molecule has 2 heterocycles. The molecule has 0 saturated carbocycles. The number of anilines is 2. The number of hydrogen-bond acceptors (Lipinski definition) is 5. The first-order valence-corrected chi connectivity index (χ1v) is 9.41. The second kappa shape index (κ2) is 8.38. The summed E-state index contributed by atoms with van der Waals surface area (Å²) in [5, 5.41) is 2.78. The van der Waals surface area contributed by atoms with Gasteiger partial charge in [0.15, 0.2) is 0 Å². The van der Waals surface area contributed by atoms with Gasteiger partial charge in [-0.05, 0) is 37.1 Å². The van der Waals surface area contributed by atoms with Gasteiger partial charge >= 0.3 is 12.4 Å². The lowest BCUT2D eigenvalue weighted by molar-refractivity contribution is -0.143. The molecule has 1 aromatic carbocycles. The standard InChI is InChI=1S/C19H21F6N5/c1-2-3-15-4-6-27-17(28-15)30(29-7-5-14(26)11-29)16-9-12(18(20,21)22)8-13(10-16)19(23,24)25/h4,6,8-10,14H,2-3,5,7,11,26H2,1H3/t14-/m0/s1. The molecule has 1 aliphatic heterocycles. The van der Waals surface area contributed by atoms with Crippen molar-refractivity contribution in [2.24, 2.45) is 5.73 Å². The normalized spacial score (nSPS) is 18.1. The molecule has 1 fully saturated rings. The number of hydrazine groups is 1. The summed E-state index contributed by atoms with van der Waals surface area (Å²) in [4.78, 5) is 8.48. The van der Waals surface area contributed by atoms with Crippen LogP contribution in [0.3, 0.4) is 0 Å². The fourth-order valence-electron chi connectivity index (χ4n) is 3.30. The van der Waals surface area contributed by atoms with E-state index in [1.54, 1.807) is 11.1 Å². The number of nitrogens with zero attached hydrogens (tertiary/aromatic N) is 4. The van der Waals surface area contributed by atoms with Gasteiger partial charge in [0.1, 0.15) is 0 Å². The Morgan fingerprint density at radius 3 is 2.23 bits per heavy atom. The van der Waals surface area contributed by atoms with Gasteiger partial charge in [-0.2, -0.15) is 26.3 Å². The monoisotopic (exact) mass is 433 g/mol. The lowest BCUT2D eigenvalue weighted by atomic mass is 10.1. The third-order valence-corrected chi connectivity index (χ3v) is 4.70. The molecule has 1 saturated heterocycles. The van der Waals surface area contributed by atoms with E-state index in [1.165, 1.54) is 11.2 Å². The van der Waals surface area contributed by atoms with Crippen LogP contribution in [0.1, 0.15) is 36.6 Å². The van der Waals surface area contributed by atoms with Crippen LogP contribution in [0.5, 0.6) is 0 Å². The third kappa shape index (κ3) is 5.01. The van der Waals surface area contributed by atoms with Crippen molar-refractivity contribution in [3.8, 4) is 0 Å². The van der Waals surface area contributed by atoms with E-state index < -0.39 is 23.5 Å². The third-order valence-electron chi connectivity index (χ3n) is 4.70. The zero-order valence-electron chi connectivity index (χ0n) is 16.1. The number of benzene rings is 1. The van der Waals surface area contributed by atoms with Crippen molar-refractivity contribution < 1.29 is 26.3 Å². The SMILES string of the molecule is CCCc1ccnc(N(c2cc(C(F)(F)F)cc(C(F)(F)F)c2)N2CC[C@H](N)C2)n1. The van der Waals surface area contributed by atoms with Crippen LogP contribution in [0.15, 0.2) is 30.5 Å². The van der Waals surface area contributed by atoms with E-state index >= 15 is 0 Å². The molecular formula is C19H21F6N5. The molecule has 164 valence electrons. The van der Waals surface area contributed by atoms with Gasteiger partial charge in [0.25, 0.3) is 0 Å². The smallest absolute Gasteiger partial charge is 0.326 e. The summed E-state index contributed by atoms with van der Waals surface area (Å²) in [5.41, 5.74) is 3.45. The van der Waals surface area contributed by atoms with E-state index in [0.717, 1.165) is 6.42 Å². The van der Waals surface area contributed by atoms with Crippen molar-refractivity contribution in [3.05, 3.63) is 47.3 Å². The topological polar surface area (TPSA) is 58.3 Å². The minimum Gasteiger partial charge on any atom is -0.326 e. The Morgan fingerprint density at radius 1 is 1.10 bits per heavy atom. The molecule has 0 spiro atoms. The number of halogens is 6. The summed E-state index contributed by atoms with van der Waals surface area (Å²) in [6, 6.07) is 2.85. The minimum atomic E-state index is -4.95. The van der Waals surface area contributed by atoms with Crippen LogP contribution in [0.2, 0.25) is 0 Å². The molecule has 5 nitrogen and oxygen atoms in total. The number of aryl methyl sites for hydroxylation is 1. The van der Waals surface area contributed by atoms with Gasteiger partial charge in [0, 0.05) is 31.0 Å². The molecule has 30 heavy (non-hydrogen) atoms. The Balaban J connectivity index is 2.17. The van der Waals surface area contributed by atoms with Crippen LogP contribution in [0.4, 0.5) is 38.0 Å². The van der Waals surface area contributed by atoms with Gasteiger partial charge in [0.05, 0.1) is 16.8 Å². The lowest BCUT2D eigenvalue weighted by Gasteiger charge is -2.32. The quantitative estimate of drug-likeness (QED) is 0.701. The van der Waals surface area contributed by atoms with Crippen molar-refractivity contribution in [2.45, 2.75) is 44.6 Å². The van der Waals surface area contributed by atoms with Crippen molar-refractivity contribution >= 4 is 11.6 Å². The number of aromatic nitrogens is 2. The number of nitrogens with two attached hydrogens (primary N) is 1. The van der Waals surface area contributed by atoms with Crippen LogP contribution < -0.4 is 10.7 Å². The minimum absolute atomic E-state index is 0.00231. The molecular weight excluding hydrogens is 412 g/mol. The van der Waals surface area contributed by atoms with E-state index in [9.17, 15) is 26.3 Å². The van der Waals surface area contributed by atoms with E-state index in [1.807, 2.05) is 6.92 Å². The van der Waals surface area contributed by atoms with Crippen molar-refractivity contribution in [1.29, 1.82) is 0 Å². The second-order valence-corrected chi connectivity index (χ2v) is 7.14. The van der Waals surface area contributed by atoms with Crippen LogP contribution >= 0.6 is 0 Å². The summed E-state index contributed by atoms with van der Waals surface area (Å²) in [6.07, 6.45) is -6.56. The average Bonchev–Trinajstić information content (AvgIpc) is 3.07. The van der Waals surface area contributed by atoms with Gasteiger partial charge in [-0.15, -0.1) is 0 Å². The average molecular weight is 433 g/mol. The van der Waals surface area contributed by atoms with Crippen LogP contribution in [-0.4, -0.2) is 34.1 Å². The first-order chi connectivity index (χ1) is 14.0. The van der Waals surface area contributed by atoms with E-state index in [0.29, 0.717) is 37.2 Å². The Kier molecular flexibility index (Phi) is 6.23. The highest BCUT2D eigenvalue weighted by atomic mass is 19.4. The Bertz CT molecular complexity index is 850. The molecule has 0 unspecified atom stereocenters. The van der Waals surface area contributed by atoms with E-state index in [4.69, 9.17) is 5.73 Å². The Labute approximate surface area is 169 Å². The number of rotatable bonds is 5. The summed E-state index contributed by atoms with van der Waals surface area (Å²) < 4.78 is 80.1. The molecule has 3 rings (SSSR count). The maximum absolute atomic E-state index is 13.4. The maximum atomic E-state index is 13.4. The largest absolute Gasteiger partial charge is 0.416 e. The molecule has 2 N–H and O–H groups in total. The maximum Gasteiger partial charge on any atom is 0.416 e. The van der Waals surface area contributed by atoms with E-state index in [2.05, 4.69) is 9.97 Å². The highest BCUT2D eigenvalue weighted by molar-refractivity contribution is 5.59. The summed E-state index contributed by atoms with van der Waals surface area (Å²) in [5.74, 6) is 0.00231. The van der Waals surface area contributed by atoms with Gasteiger partial charge in [-0.1, -0.05) is 13.3 Å². The Hall–Kier alpha value is -2.40. The highest BCUT2D eigenvalue weighted by Gasteiger charge is 2.39. The summed E-state index contributed by atoms with van der Waals surface area (Å²) >= 11 is 0. The predicted molar refractivity (Wildman–Crippen MR) is 98.8 cm³/mol. The Morgan fingerprint density at radius 2 is 1.73 bits per heavy atom. The second-order valence-electron chi connectivity index (χ2n) is 7.14. The van der Waals surface area contributed by atoms with Crippen LogP contribution in [0, 0.1) is 0 Å². The molecule has 2 aromatic rings. The summed E-state index contributed by atoms with van der Waals surface area (Å²) in [6.45, 7) is 2.53. The van der Waals surface area contributed by atoms with Gasteiger partial charge < -0.3 is 5.73 Å². The first-order valence-electron chi connectivity index (χ1n) is 9.41.